The Labute approximate surface area is 128 Å². The molecule has 3 heterocycles. The van der Waals surface area contributed by atoms with Crippen LogP contribution in [-0.2, 0) is 10.0 Å². The number of rotatable bonds is 3. The second kappa shape index (κ2) is 5.55. The van der Waals surface area contributed by atoms with Crippen LogP contribution in [0.1, 0.15) is 36.6 Å². The second-order valence-electron chi connectivity index (χ2n) is 5.47. The molecule has 1 aliphatic heterocycles. The third kappa shape index (κ3) is 2.77. The highest BCUT2D eigenvalue weighted by Crippen LogP contribution is 2.38. The zero-order valence-corrected chi connectivity index (χ0v) is 13.7. The Balaban J connectivity index is 1.98. The molecule has 0 spiro atoms. The molecule has 2 aromatic rings. The second-order valence-corrected chi connectivity index (χ2v) is 8.83. The Morgan fingerprint density at radius 1 is 1.48 bits per heavy atom. The van der Waals surface area contributed by atoms with Gasteiger partial charge in [0.05, 0.1) is 23.5 Å². The number of sulfonamides is 1. The molecule has 1 fully saturated rings. The highest BCUT2D eigenvalue weighted by atomic mass is 32.2. The molecule has 1 aliphatic rings. The lowest BCUT2D eigenvalue weighted by Gasteiger charge is -2.35. The molecular formula is C14H18N2O3S2. The summed E-state index contributed by atoms with van der Waals surface area (Å²) in [4.78, 5) is 4.07. The van der Waals surface area contributed by atoms with Gasteiger partial charge in [-0.15, -0.1) is 11.3 Å². The zero-order valence-electron chi connectivity index (χ0n) is 12.0. The maximum absolute atomic E-state index is 12.9. The lowest BCUT2D eigenvalue weighted by molar-refractivity contribution is 0.185. The van der Waals surface area contributed by atoms with Gasteiger partial charge < -0.3 is 4.42 Å². The van der Waals surface area contributed by atoms with E-state index in [0.29, 0.717) is 22.4 Å². The Kier molecular flexibility index (Phi) is 3.90. The third-order valence-corrected chi connectivity index (χ3v) is 7.11. The van der Waals surface area contributed by atoms with Gasteiger partial charge >= 0.3 is 0 Å². The molecule has 5 nitrogen and oxygen atoms in total. The van der Waals surface area contributed by atoms with E-state index in [4.69, 9.17) is 4.42 Å². The zero-order chi connectivity index (χ0) is 15.0. The number of furan rings is 1. The Morgan fingerprint density at radius 3 is 2.90 bits per heavy atom. The van der Waals surface area contributed by atoms with Crippen molar-refractivity contribution in [1.82, 2.24) is 9.29 Å². The van der Waals surface area contributed by atoms with E-state index in [2.05, 4.69) is 11.9 Å². The first-order valence-corrected chi connectivity index (χ1v) is 9.22. The van der Waals surface area contributed by atoms with Crippen LogP contribution in [0.5, 0.6) is 0 Å². The van der Waals surface area contributed by atoms with Crippen molar-refractivity contribution >= 4 is 21.4 Å². The van der Waals surface area contributed by atoms with E-state index in [0.717, 1.165) is 17.8 Å². The molecule has 0 radical (unpaired) electrons. The fourth-order valence-corrected chi connectivity index (χ4v) is 5.58. The quantitative estimate of drug-likeness (QED) is 0.869. The first-order valence-electron chi connectivity index (χ1n) is 6.96. The lowest BCUT2D eigenvalue weighted by atomic mass is 9.93. The van der Waals surface area contributed by atoms with Crippen molar-refractivity contribution in [2.75, 3.05) is 6.54 Å². The monoisotopic (exact) mass is 326 g/mol. The molecular weight excluding hydrogens is 308 g/mol. The van der Waals surface area contributed by atoms with Gasteiger partial charge in [0.2, 0.25) is 0 Å². The van der Waals surface area contributed by atoms with E-state index in [9.17, 15) is 8.42 Å². The van der Waals surface area contributed by atoms with Crippen LogP contribution < -0.4 is 0 Å². The minimum absolute atomic E-state index is 0.226. The van der Waals surface area contributed by atoms with E-state index in [-0.39, 0.29) is 6.04 Å². The molecule has 0 saturated carbocycles. The Hall–Kier alpha value is -1.18. The van der Waals surface area contributed by atoms with Gasteiger partial charge in [-0.3, -0.25) is 0 Å². The number of thiazole rings is 1. The molecule has 0 aromatic carbocycles. The van der Waals surface area contributed by atoms with Gasteiger partial charge in [-0.25, -0.2) is 13.4 Å². The molecule has 3 rings (SSSR count). The summed E-state index contributed by atoms with van der Waals surface area (Å²) in [7, 11) is -3.51. The predicted molar refractivity (Wildman–Crippen MR) is 80.6 cm³/mol. The van der Waals surface area contributed by atoms with E-state index >= 15 is 0 Å². The van der Waals surface area contributed by atoms with Crippen LogP contribution in [0, 0.1) is 12.8 Å². The molecule has 0 bridgehead atoms. The van der Waals surface area contributed by atoms with Crippen LogP contribution in [0.25, 0.3) is 0 Å². The summed E-state index contributed by atoms with van der Waals surface area (Å²) >= 11 is 1.22. The van der Waals surface area contributed by atoms with E-state index in [1.54, 1.807) is 16.6 Å². The van der Waals surface area contributed by atoms with Crippen molar-refractivity contribution in [1.29, 1.82) is 0 Å². The van der Waals surface area contributed by atoms with Crippen LogP contribution in [0.3, 0.4) is 0 Å². The standard InChI is InChI=1S/C14H18N2O3S2/c1-10-5-6-16(12(8-10)13-4-3-7-19-13)21(17,18)14-9-15-11(2)20-14/h3-4,7,9-10,12H,5-6,8H2,1-2H3. The molecule has 7 heteroatoms. The van der Waals surface area contributed by atoms with Gasteiger partial charge in [-0.2, -0.15) is 4.31 Å². The topological polar surface area (TPSA) is 63.4 Å². The van der Waals surface area contributed by atoms with E-state index in [1.807, 2.05) is 13.0 Å². The van der Waals surface area contributed by atoms with Gasteiger partial charge in [-0.1, -0.05) is 6.92 Å². The fourth-order valence-electron chi connectivity index (χ4n) is 2.72. The summed E-state index contributed by atoms with van der Waals surface area (Å²) in [5.41, 5.74) is 0. The molecule has 2 unspecified atom stereocenters. The van der Waals surface area contributed by atoms with E-state index < -0.39 is 10.0 Å². The molecule has 21 heavy (non-hydrogen) atoms. The first-order chi connectivity index (χ1) is 9.98. The maximum Gasteiger partial charge on any atom is 0.254 e. The third-order valence-electron chi connectivity index (χ3n) is 3.85. The van der Waals surface area contributed by atoms with E-state index in [1.165, 1.54) is 17.5 Å². The molecule has 114 valence electrons. The minimum atomic E-state index is -3.51. The SMILES string of the molecule is Cc1ncc(S(=O)(=O)N2CCC(C)CC2c2ccco2)s1. The Morgan fingerprint density at radius 2 is 2.29 bits per heavy atom. The summed E-state index contributed by atoms with van der Waals surface area (Å²) in [5, 5.41) is 0.758. The lowest BCUT2D eigenvalue weighted by Crippen LogP contribution is -2.40. The van der Waals surface area contributed by atoms with Crippen molar-refractivity contribution in [3.63, 3.8) is 0 Å². The summed E-state index contributed by atoms with van der Waals surface area (Å²) < 4.78 is 33.1. The minimum Gasteiger partial charge on any atom is -0.468 e. The highest BCUT2D eigenvalue weighted by molar-refractivity contribution is 7.91. The van der Waals surface area contributed by atoms with Crippen molar-refractivity contribution in [3.8, 4) is 0 Å². The average molecular weight is 326 g/mol. The molecule has 2 aromatic heterocycles. The molecule has 0 N–H and O–H groups in total. The number of hydrogen-bond acceptors (Lipinski definition) is 5. The van der Waals surface area contributed by atoms with Crippen molar-refractivity contribution in [2.24, 2.45) is 5.92 Å². The van der Waals surface area contributed by atoms with Gasteiger partial charge in [0.1, 0.15) is 5.76 Å². The summed E-state index contributed by atoms with van der Waals surface area (Å²) in [6.07, 6.45) is 4.70. The highest BCUT2D eigenvalue weighted by Gasteiger charge is 2.38. The molecule has 0 amide bonds. The van der Waals surface area contributed by atoms with Crippen molar-refractivity contribution < 1.29 is 12.8 Å². The van der Waals surface area contributed by atoms with Crippen molar-refractivity contribution in [3.05, 3.63) is 35.4 Å². The number of aryl methyl sites for hydroxylation is 1. The summed E-state index contributed by atoms with van der Waals surface area (Å²) in [6, 6.07) is 3.43. The Bertz CT molecular complexity index is 706. The number of hydrogen-bond donors (Lipinski definition) is 0. The van der Waals surface area contributed by atoms with Gasteiger partial charge in [0, 0.05) is 6.54 Å². The molecule has 1 saturated heterocycles. The number of aromatic nitrogens is 1. The predicted octanol–water partition coefficient (Wildman–Crippen LogP) is 3.21. The van der Waals surface area contributed by atoms with Crippen LogP contribution in [0.4, 0.5) is 0 Å². The summed E-state index contributed by atoms with van der Waals surface area (Å²) in [6.45, 7) is 4.48. The smallest absolute Gasteiger partial charge is 0.254 e. The van der Waals surface area contributed by atoms with Gasteiger partial charge in [-0.05, 0) is 37.8 Å². The van der Waals surface area contributed by atoms with Gasteiger partial charge in [0.15, 0.2) is 4.21 Å². The fraction of sp³-hybridized carbons (Fsp3) is 0.500. The van der Waals surface area contributed by atoms with Gasteiger partial charge in [0.25, 0.3) is 10.0 Å². The molecule has 0 aliphatic carbocycles. The normalized spacial score (nSPS) is 24.3. The van der Waals surface area contributed by atoms with Crippen LogP contribution in [0.2, 0.25) is 0 Å². The average Bonchev–Trinajstić information content (AvgIpc) is 3.09. The maximum atomic E-state index is 12.9. The number of piperidine rings is 1. The van der Waals surface area contributed by atoms with Crippen molar-refractivity contribution in [2.45, 2.75) is 36.9 Å². The first kappa shape index (κ1) is 14.7. The molecule has 2 atom stereocenters. The van der Waals surface area contributed by atoms with Crippen LogP contribution in [-0.4, -0.2) is 24.3 Å². The number of nitrogens with zero attached hydrogens (tertiary/aromatic N) is 2. The van der Waals surface area contributed by atoms with Crippen LogP contribution in [0.15, 0.2) is 33.2 Å². The van der Waals surface area contributed by atoms with Crippen LogP contribution >= 0.6 is 11.3 Å². The summed E-state index contributed by atoms with van der Waals surface area (Å²) in [5.74, 6) is 1.20. The largest absolute Gasteiger partial charge is 0.468 e.